The zero-order valence-corrected chi connectivity index (χ0v) is 11.5. The number of methoxy groups -OCH3 is 1. The summed E-state index contributed by atoms with van der Waals surface area (Å²) in [5.41, 5.74) is 1.08. The van der Waals surface area contributed by atoms with Gasteiger partial charge in [-0.05, 0) is 17.7 Å². The van der Waals surface area contributed by atoms with E-state index in [9.17, 15) is 5.11 Å². The number of aliphatic hydroxyl groups excluding tert-OH is 1. The summed E-state index contributed by atoms with van der Waals surface area (Å²) < 4.78 is 16.1. The van der Waals surface area contributed by atoms with Crippen molar-refractivity contribution in [1.82, 2.24) is 10.6 Å². The Morgan fingerprint density at radius 3 is 3.05 bits per heavy atom. The predicted molar refractivity (Wildman–Crippen MR) is 73.2 cm³/mol. The highest BCUT2D eigenvalue weighted by atomic mass is 16.7. The standard InChI is InChI=1S/C14H20N2O4/c1-18-12-2-9(3-13-14(12)20-8-19-13)4-15-5-10-6-16-7-11(10)17/h2-3,10-11,15-17H,4-8H2,1H3. The zero-order valence-electron chi connectivity index (χ0n) is 11.5. The zero-order chi connectivity index (χ0) is 13.9. The van der Waals surface area contributed by atoms with Gasteiger partial charge >= 0.3 is 0 Å². The van der Waals surface area contributed by atoms with E-state index in [4.69, 9.17) is 14.2 Å². The fourth-order valence-electron chi connectivity index (χ4n) is 2.62. The second-order valence-electron chi connectivity index (χ2n) is 5.15. The molecule has 1 fully saturated rings. The van der Waals surface area contributed by atoms with Crippen LogP contribution in [0.4, 0.5) is 0 Å². The lowest BCUT2D eigenvalue weighted by Crippen LogP contribution is -2.30. The smallest absolute Gasteiger partial charge is 0.231 e. The summed E-state index contributed by atoms with van der Waals surface area (Å²) >= 11 is 0. The highest BCUT2D eigenvalue weighted by Crippen LogP contribution is 2.41. The monoisotopic (exact) mass is 280 g/mol. The molecule has 20 heavy (non-hydrogen) atoms. The molecule has 0 spiro atoms. The van der Waals surface area contributed by atoms with Crippen molar-refractivity contribution in [3.8, 4) is 17.2 Å². The van der Waals surface area contributed by atoms with Crippen molar-refractivity contribution in [2.75, 3.05) is 33.5 Å². The van der Waals surface area contributed by atoms with Crippen LogP contribution >= 0.6 is 0 Å². The van der Waals surface area contributed by atoms with E-state index in [0.717, 1.165) is 24.4 Å². The first-order valence-electron chi connectivity index (χ1n) is 6.84. The van der Waals surface area contributed by atoms with Gasteiger partial charge in [-0.3, -0.25) is 0 Å². The van der Waals surface area contributed by atoms with Gasteiger partial charge in [0.1, 0.15) is 0 Å². The second kappa shape index (κ2) is 5.87. The molecule has 0 amide bonds. The SMILES string of the molecule is COc1cc(CNCC2CNCC2O)cc2c1OCO2. The first-order valence-corrected chi connectivity index (χ1v) is 6.84. The minimum absolute atomic E-state index is 0.239. The van der Waals surface area contributed by atoms with Crippen LogP contribution in [0.2, 0.25) is 0 Å². The highest BCUT2D eigenvalue weighted by Gasteiger charge is 2.24. The van der Waals surface area contributed by atoms with Crippen molar-refractivity contribution in [2.45, 2.75) is 12.6 Å². The third-order valence-corrected chi connectivity index (χ3v) is 3.76. The maximum absolute atomic E-state index is 9.74. The van der Waals surface area contributed by atoms with Crippen LogP contribution in [-0.4, -0.2) is 44.7 Å². The molecule has 2 atom stereocenters. The lowest BCUT2D eigenvalue weighted by Gasteiger charge is -2.14. The Bertz CT molecular complexity index is 480. The fraction of sp³-hybridized carbons (Fsp3) is 0.571. The van der Waals surface area contributed by atoms with Crippen molar-refractivity contribution in [1.29, 1.82) is 0 Å². The number of benzene rings is 1. The number of β-amino-alcohol motifs (C(OH)–C–C–N with tert-alkyl or cyclic N) is 1. The number of nitrogens with one attached hydrogen (secondary N) is 2. The summed E-state index contributed by atoms with van der Waals surface area (Å²) in [4.78, 5) is 0. The molecule has 2 unspecified atom stereocenters. The minimum atomic E-state index is -0.256. The molecule has 1 aromatic carbocycles. The molecule has 0 aliphatic carbocycles. The van der Waals surface area contributed by atoms with E-state index in [1.165, 1.54) is 0 Å². The van der Waals surface area contributed by atoms with Gasteiger partial charge in [0.2, 0.25) is 12.5 Å². The summed E-state index contributed by atoms with van der Waals surface area (Å²) in [7, 11) is 1.62. The van der Waals surface area contributed by atoms with Crippen LogP contribution in [0, 0.1) is 5.92 Å². The normalized spacial score (nSPS) is 24.1. The molecule has 6 heteroatoms. The molecule has 2 heterocycles. The largest absolute Gasteiger partial charge is 0.493 e. The van der Waals surface area contributed by atoms with Gasteiger partial charge in [-0.2, -0.15) is 0 Å². The molecule has 3 rings (SSSR count). The van der Waals surface area contributed by atoms with E-state index in [1.807, 2.05) is 12.1 Å². The van der Waals surface area contributed by atoms with Crippen molar-refractivity contribution < 1.29 is 19.3 Å². The maximum atomic E-state index is 9.74. The molecule has 2 aliphatic rings. The van der Waals surface area contributed by atoms with Gasteiger partial charge in [0.25, 0.3) is 0 Å². The number of aliphatic hydroxyl groups is 1. The summed E-state index contributed by atoms with van der Waals surface area (Å²) in [6.45, 7) is 3.27. The third kappa shape index (κ3) is 2.67. The van der Waals surface area contributed by atoms with Gasteiger partial charge < -0.3 is 30.0 Å². The number of ether oxygens (including phenoxy) is 3. The molecule has 110 valence electrons. The van der Waals surface area contributed by atoms with Crippen molar-refractivity contribution in [3.63, 3.8) is 0 Å². The molecule has 0 aromatic heterocycles. The fourth-order valence-corrected chi connectivity index (χ4v) is 2.62. The van der Waals surface area contributed by atoms with E-state index >= 15 is 0 Å². The van der Waals surface area contributed by atoms with Crippen LogP contribution in [0.5, 0.6) is 17.2 Å². The Hall–Kier alpha value is -1.50. The van der Waals surface area contributed by atoms with Gasteiger partial charge in [0, 0.05) is 32.1 Å². The van der Waals surface area contributed by atoms with Crippen LogP contribution < -0.4 is 24.8 Å². The highest BCUT2D eigenvalue weighted by molar-refractivity contribution is 5.55. The Morgan fingerprint density at radius 2 is 2.30 bits per heavy atom. The van der Waals surface area contributed by atoms with Crippen molar-refractivity contribution in [2.24, 2.45) is 5.92 Å². The molecule has 1 saturated heterocycles. The minimum Gasteiger partial charge on any atom is -0.493 e. The molecular formula is C14H20N2O4. The van der Waals surface area contributed by atoms with Crippen molar-refractivity contribution >= 4 is 0 Å². The lowest BCUT2D eigenvalue weighted by atomic mass is 10.1. The van der Waals surface area contributed by atoms with E-state index in [1.54, 1.807) is 7.11 Å². The molecule has 0 radical (unpaired) electrons. The summed E-state index contributed by atoms with van der Waals surface area (Å²) in [5.74, 6) is 2.36. The van der Waals surface area contributed by atoms with Crippen LogP contribution in [0.3, 0.4) is 0 Å². The number of rotatable bonds is 5. The number of hydrogen-bond donors (Lipinski definition) is 3. The summed E-state index contributed by atoms with van der Waals surface area (Å²) in [6.07, 6.45) is -0.256. The maximum Gasteiger partial charge on any atom is 0.231 e. The van der Waals surface area contributed by atoms with Crippen LogP contribution in [0.25, 0.3) is 0 Å². The second-order valence-corrected chi connectivity index (χ2v) is 5.15. The Labute approximate surface area is 118 Å². The van der Waals surface area contributed by atoms with Gasteiger partial charge in [0.15, 0.2) is 11.5 Å². The quantitative estimate of drug-likeness (QED) is 0.710. The first-order chi connectivity index (χ1) is 9.78. The number of fused-ring (bicyclic) bond motifs is 1. The van der Waals surface area contributed by atoms with Gasteiger partial charge in [-0.25, -0.2) is 0 Å². The first kappa shape index (κ1) is 13.5. The molecule has 6 nitrogen and oxygen atoms in total. The third-order valence-electron chi connectivity index (χ3n) is 3.76. The molecule has 0 bridgehead atoms. The van der Waals surface area contributed by atoms with E-state index in [-0.39, 0.29) is 18.8 Å². The van der Waals surface area contributed by atoms with Crippen molar-refractivity contribution in [3.05, 3.63) is 17.7 Å². The van der Waals surface area contributed by atoms with E-state index in [2.05, 4.69) is 10.6 Å². The topological polar surface area (TPSA) is 72.0 Å². The average Bonchev–Trinajstić information content (AvgIpc) is 3.07. The molecule has 0 saturated carbocycles. The van der Waals surface area contributed by atoms with Gasteiger partial charge in [0.05, 0.1) is 13.2 Å². The Kier molecular flexibility index (Phi) is 3.95. The summed E-state index contributed by atoms with van der Waals surface area (Å²) in [6, 6.07) is 3.91. The van der Waals surface area contributed by atoms with Crippen LogP contribution in [0.15, 0.2) is 12.1 Å². The predicted octanol–water partition coefficient (Wildman–Crippen LogP) is 0.0938. The van der Waals surface area contributed by atoms with Crippen LogP contribution in [-0.2, 0) is 6.54 Å². The lowest BCUT2D eigenvalue weighted by molar-refractivity contribution is 0.146. The number of hydrogen-bond acceptors (Lipinski definition) is 6. The van der Waals surface area contributed by atoms with E-state index < -0.39 is 0 Å². The van der Waals surface area contributed by atoms with Crippen LogP contribution in [0.1, 0.15) is 5.56 Å². The molecule has 1 aromatic rings. The molecule has 2 aliphatic heterocycles. The Balaban J connectivity index is 1.60. The molecular weight excluding hydrogens is 260 g/mol. The average molecular weight is 280 g/mol. The molecule has 3 N–H and O–H groups in total. The Morgan fingerprint density at radius 1 is 1.40 bits per heavy atom. The van der Waals surface area contributed by atoms with Gasteiger partial charge in [-0.1, -0.05) is 0 Å². The van der Waals surface area contributed by atoms with Gasteiger partial charge in [-0.15, -0.1) is 0 Å². The van der Waals surface area contributed by atoms with E-state index in [0.29, 0.717) is 24.6 Å². The summed E-state index contributed by atoms with van der Waals surface area (Å²) in [5, 5.41) is 16.3.